The van der Waals surface area contributed by atoms with Crippen molar-refractivity contribution in [2.45, 2.75) is 37.0 Å². The molecule has 2 aromatic rings. The average molecular weight is 391 g/mol. The molecule has 5 nitrogen and oxygen atoms in total. The van der Waals surface area contributed by atoms with Crippen molar-refractivity contribution >= 4 is 34.9 Å². The van der Waals surface area contributed by atoms with E-state index in [2.05, 4.69) is 10.9 Å². The smallest absolute Gasteiger partial charge is 0.279 e. The lowest BCUT2D eigenvalue weighted by Gasteiger charge is -2.06. The normalized spacial score (nSPS) is 13.4. The molecule has 0 saturated heterocycles. The third kappa shape index (κ3) is 5.02. The van der Waals surface area contributed by atoms with Gasteiger partial charge in [0.25, 0.3) is 5.91 Å². The first-order valence-corrected chi connectivity index (χ1v) is 10.4. The molecule has 0 radical (unpaired) electrons. The lowest BCUT2D eigenvalue weighted by atomic mass is 10.1. The molecule has 0 fully saturated rings. The lowest BCUT2D eigenvalue weighted by molar-refractivity contribution is -0.119. The fraction of sp³-hybridized carbons (Fsp3) is 0.368. The van der Waals surface area contributed by atoms with Crippen LogP contribution in [0.3, 0.4) is 0 Å². The zero-order valence-corrected chi connectivity index (χ0v) is 16.3. The molecular formula is C19H22N2O3S2. The summed E-state index contributed by atoms with van der Waals surface area (Å²) in [6.45, 7) is 0. The van der Waals surface area contributed by atoms with Gasteiger partial charge in [0.1, 0.15) is 5.75 Å². The highest BCUT2D eigenvalue weighted by Crippen LogP contribution is 2.28. The molecular weight excluding hydrogens is 368 g/mol. The minimum Gasteiger partial charge on any atom is -0.497 e. The maximum atomic E-state index is 12.3. The van der Waals surface area contributed by atoms with Gasteiger partial charge in [0.15, 0.2) is 0 Å². The van der Waals surface area contributed by atoms with Crippen molar-refractivity contribution in [2.75, 3.05) is 12.9 Å². The summed E-state index contributed by atoms with van der Waals surface area (Å²) in [5, 5.41) is 0. The zero-order chi connectivity index (χ0) is 18.4. The summed E-state index contributed by atoms with van der Waals surface area (Å²) < 4.78 is 5.10. The molecule has 1 aliphatic rings. The van der Waals surface area contributed by atoms with Gasteiger partial charge in [0, 0.05) is 9.77 Å². The Morgan fingerprint density at radius 3 is 2.65 bits per heavy atom. The van der Waals surface area contributed by atoms with Crippen LogP contribution >= 0.6 is 23.1 Å². The molecule has 7 heteroatoms. The van der Waals surface area contributed by atoms with Crippen LogP contribution in [-0.2, 0) is 17.6 Å². The van der Waals surface area contributed by atoms with Crippen LogP contribution in [0.1, 0.15) is 39.4 Å². The predicted molar refractivity (Wildman–Crippen MR) is 105 cm³/mol. The van der Waals surface area contributed by atoms with E-state index in [1.54, 1.807) is 18.4 Å². The first-order valence-electron chi connectivity index (χ1n) is 8.63. The molecule has 26 heavy (non-hydrogen) atoms. The van der Waals surface area contributed by atoms with E-state index < -0.39 is 0 Å². The Labute approximate surface area is 161 Å². The van der Waals surface area contributed by atoms with Gasteiger partial charge in [-0.25, -0.2) is 0 Å². The van der Waals surface area contributed by atoms with E-state index in [-0.39, 0.29) is 17.6 Å². The Hall–Kier alpha value is -1.99. The first-order chi connectivity index (χ1) is 12.7. The highest BCUT2D eigenvalue weighted by atomic mass is 32.2. The summed E-state index contributed by atoms with van der Waals surface area (Å²) in [5.41, 5.74) is 6.30. The maximum absolute atomic E-state index is 12.3. The molecule has 1 aliphatic carbocycles. The van der Waals surface area contributed by atoms with Crippen LogP contribution in [0.5, 0.6) is 5.75 Å². The maximum Gasteiger partial charge on any atom is 0.279 e. The predicted octanol–water partition coefficient (Wildman–Crippen LogP) is 3.58. The number of thioether (sulfide) groups is 1. The minimum absolute atomic E-state index is 0.230. The Balaban J connectivity index is 1.45. The topological polar surface area (TPSA) is 67.4 Å². The molecule has 3 rings (SSSR count). The van der Waals surface area contributed by atoms with E-state index in [0.29, 0.717) is 4.88 Å². The number of methoxy groups -OCH3 is 1. The van der Waals surface area contributed by atoms with Crippen LogP contribution in [0.25, 0.3) is 0 Å². The van der Waals surface area contributed by atoms with Crippen molar-refractivity contribution in [2.24, 2.45) is 0 Å². The first kappa shape index (κ1) is 18.8. The second-order valence-corrected chi connectivity index (χ2v) is 8.27. The zero-order valence-electron chi connectivity index (χ0n) is 14.7. The Kier molecular flexibility index (Phi) is 6.57. The number of benzene rings is 1. The highest BCUT2D eigenvalue weighted by molar-refractivity contribution is 8.00. The van der Waals surface area contributed by atoms with Crippen molar-refractivity contribution < 1.29 is 14.3 Å². The van der Waals surface area contributed by atoms with Crippen LogP contribution in [0.4, 0.5) is 0 Å². The summed E-state index contributed by atoms with van der Waals surface area (Å²) in [7, 11) is 1.61. The molecule has 0 atom stereocenters. The summed E-state index contributed by atoms with van der Waals surface area (Å²) in [4.78, 5) is 27.2. The molecule has 138 valence electrons. The van der Waals surface area contributed by atoms with Gasteiger partial charge in [-0.1, -0.05) is 6.42 Å². The van der Waals surface area contributed by atoms with Crippen molar-refractivity contribution in [3.8, 4) is 5.75 Å². The van der Waals surface area contributed by atoms with E-state index in [1.165, 1.54) is 41.5 Å². The fourth-order valence-corrected chi connectivity index (χ4v) is 4.67. The molecule has 0 unspecified atom stereocenters. The minimum atomic E-state index is -0.245. The molecule has 1 heterocycles. The number of thiophene rings is 1. The quantitative estimate of drug-likeness (QED) is 0.465. The van der Waals surface area contributed by atoms with Gasteiger partial charge in [0.05, 0.1) is 17.7 Å². The Morgan fingerprint density at radius 1 is 1.12 bits per heavy atom. The summed E-state index contributed by atoms with van der Waals surface area (Å²) in [6.07, 6.45) is 5.73. The molecule has 0 bridgehead atoms. The molecule has 0 spiro atoms. The van der Waals surface area contributed by atoms with Gasteiger partial charge >= 0.3 is 0 Å². The number of ether oxygens (including phenoxy) is 1. The largest absolute Gasteiger partial charge is 0.497 e. The Bertz CT molecular complexity index is 748. The number of amides is 2. The van der Waals surface area contributed by atoms with Gasteiger partial charge in [-0.2, -0.15) is 0 Å². The molecule has 0 aliphatic heterocycles. The van der Waals surface area contributed by atoms with Crippen LogP contribution in [0, 0.1) is 0 Å². The van der Waals surface area contributed by atoms with E-state index in [9.17, 15) is 9.59 Å². The SMILES string of the molecule is COc1ccc(SCC(=O)NNC(=O)c2cc3c(s2)CCCCC3)cc1. The van der Waals surface area contributed by atoms with Crippen LogP contribution in [0.15, 0.2) is 35.2 Å². The van der Waals surface area contributed by atoms with Crippen LogP contribution in [0.2, 0.25) is 0 Å². The van der Waals surface area contributed by atoms with Crippen molar-refractivity contribution in [1.29, 1.82) is 0 Å². The number of hydrazine groups is 1. The van der Waals surface area contributed by atoms with Crippen LogP contribution < -0.4 is 15.6 Å². The van der Waals surface area contributed by atoms with Crippen molar-refractivity contribution in [1.82, 2.24) is 10.9 Å². The second-order valence-electron chi connectivity index (χ2n) is 6.09. The monoisotopic (exact) mass is 390 g/mol. The van der Waals surface area contributed by atoms with Gasteiger partial charge in [0.2, 0.25) is 5.91 Å². The van der Waals surface area contributed by atoms with E-state index in [1.807, 2.05) is 30.3 Å². The van der Waals surface area contributed by atoms with Gasteiger partial charge in [-0.05, 0) is 61.6 Å². The number of carbonyl (C=O) groups excluding carboxylic acids is 2. The second kappa shape index (κ2) is 9.09. The fourth-order valence-electron chi connectivity index (χ4n) is 2.82. The standard InChI is InChI=1S/C19H22N2O3S2/c1-24-14-7-9-15(10-8-14)25-12-18(22)20-21-19(23)17-11-13-5-3-2-4-6-16(13)26-17/h7-11H,2-6,12H2,1H3,(H,20,22)(H,21,23). The number of nitrogens with one attached hydrogen (secondary N) is 2. The summed E-state index contributed by atoms with van der Waals surface area (Å²) in [5.74, 6) is 0.525. The number of carbonyl (C=O) groups is 2. The average Bonchev–Trinajstić information content (AvgIpc) is 2.95. The highest BCUT2D eigenvalue weighted by Gasteiger charge is 2.16. The molecule has 2 N–H and O–H groups in total. The summed E-state index contributed by atoms with van der Waals surface area (Å²) >= 11 is 2.95. The van der Waals surface area contributed by atoms with E-state index in [4.69, 9.17) is 4.74 Å². The molecule has 1 aromatic heterocycles. The number of hydrogen-bond donors (Lipinski definition) is 2. The molecule has 1 aromatic carbocycles. The van der Waals surface area contributed by atoms with Gasteiger partial charge < -0.3 is 4.74 Å². The van der Waals surface area contributed by atoms with Gasteiger partial charge in [-0.15, -0.1) is 23.1 Å². The van der Waals surface area contributed by atoms with E-state index >= 15 is 0 Å². The third-order valence-electron chi connectivity index (χ3n) is 4.22. The number of hydrogen-bond acceptors (Lipinski definition) is 5. The number of aryl methyl sites for hydroxylation is 2. The summed E-state index contributed by atoms with van der Waals surface area (Å²) in [6, 6.07) is 9.47. The Morgan fingerprint density at radius 2 is 1.88 bits per heavy atom. The van der Waals surface area contributed by atoms with E-state index in [0.717, 1.165) is 23.5 Å². The molecule has 2 amide bonds. The van der Waals surface area contributed by atoms with Crippen LogP contribution in [-0.4, -0.2) is 24.7 Å². The molecule has 0 saturated carbocycles. The number of fused-ring (bicyclic) bond motifs is 1. The van der Waals surface area contributed by atoms with Crippen molar-refractivity contribution in [3.63, 3.8) is 0 Å². The lowest BCUT2D eigenvalue weighted by Crippen LogP contribution is -2.42. The number of rotatable bonds is 5. The third-order valence-corrected chi connectivity index (χ3v) is 6.46. The van der Waals surface area contributed by atoms with Gasteiger partial charge in [-0.3, -0.25) is 20.4 Å². The van der Waals surface area contributed by atoms with Crippen molar-refractivity contribution in [3.05, 3.63) is 45.6 Å².